The van der Waals surface area contributed by atoms with Gasteiger partial charge in [-0.1, -0.05) is 99.8 Å². The lowest BCUT2D eigenvalue weighted by Crippen LogP contribution is -2.30. The van der Waals surface area contributed by atoms with Gasteiger partial charge in [-0.05, 0) is 65.5 Å². The molecule has 0 fully saturated rings. The number of hydrogen-bond donors (Lipinski definition) is 1. The SMILES string of the molecule is CCCCC(CCC)c1ccc(-c2ccccc2C(=O)OC2c3ccccc3CCC2C(=O)O)cc1. The summed E-state index contributed by atoms with van der Waals surface area (Å²) in [5.41, 5.74) is 5.38. The third-order valence-corrected chi connectivity index (χ3v) is 7.39. The van der Waals surface area contributed by atoms with E-state index in [4.69, 9.17) is 4.74 Å². The molecule has 4 rings (SSSR count). The monoisotopic (exact) mass is 484 g/mol. The van der Waals surface area contributed by atoms with Crippen molar-refractivity contribution in [2.75, 3.05) is 0 Å². The van der Waals surface area contributed by atoms with Crippen LogP contribution in [0.25, 0.3) is 11.1 Å². The Bertz CT molecular complexity index is 1180. The maximum Gasteiger partial charge on any atom is 0.339 e. The molecule has 1 aliphatic carbocycles. The van der Waals surface area contributed by atoms with Crippen molar-refractivity contribution in [3.8, 4) is 11.1 Å². The van der Waals surface area contributed by atoms with Crippen molar-refractivity contribution in [3.63, 3.8) is 0 Å². The second-order valence-electron chi connectivity index (χ2n) is 9.80. The molecule has 0 saturated carbocycles. The number of carbonyl (C=O) groups excluding carboxylic acids is 1. The number of hydrogen-bond acceptors (Lipinski definition) is 3. The van der Waals surface area contributed by atoms with Crippen LogP contribution in [0.15, 0.2) is 72.8 Å². The fourth-order valence-electron chi connectivity index (χ4n) is 5.42. The number of aryl methyl sites for hydroxylation is 1. The highest BCUT2D eigenvalue weighted by molar-refractivity contribution is 5.97. The van der Waals surface area contributed by atoms with Crippen molar-refractivity contribution < 1.29 is 19.4 Å². The van der Waals surface area contributed by atoms with Crippen LogP contribution < -0.4 is 0 Å². The number of carboxylic acid groups (broad SMARTS) is 1. The zero-order chi connectivity index (χ0) is 25.5. The van der Waals surface area contributed by atoms with Crippen LogP contribution in [0, 0.1) is 5.92 Å². The van der Waals surface area contributed by atoms with E-state index in [1.807, 2.05) is 42.5 Å². The molecule has 4 heteroatoms. The molecule has 36 heavy (non-hydrogen) atoms. The minimum atomic E-state index is -0.934. The van der Waals surface area contributed by atoms with E-state index in [0.29, 0.717) is 24.3 Å². The quantitative estimate of drug-likeness (QED) is 0.296. The van der Waals surface area contributed by atoms with Gasteiger partial charge in [0.2, 0.25) is 0 Å². The molecule has 0 spiro atoms. The Balaban J connectivity index is 1.60. The van der Waals surface area contributed by atoms with Gasteiger partial charge in [0.25, 0.3) is 0 Å². The predicted molar refractivity (Wildman–Crippen MR) is 143 cm³/mol. The molecule has 0 heterocycles. The zero-order valence-corrected chi connectivity index (χ0v) is 21.3. The first kappa shape index (κ1) is 25.7. The Kier molecular flexibility index (Phi) is 8.58. The van der Waals surface area contributed by atoms with Gasteiger partial charge in [0.15, 0.2) is 0 Å². The molecule has 1 N–H and O–H groups in total. The van der Waals surface area contributed by atoms with E-state index in [2.05, 4.69) is 38.1 Å². The first-order valence-corrected chi connectivity index (χ1v) is 13.2. The number of rotatable bonds is 10. The van der Waals surface area contributed by atoms with Crippen LogP contribution >= 0.6 is 0 Å². The van der Waals surface area contributed by atoms with E-state index in [9.17, 15) is 14.7 Å². The summed E-state index contributed by atoms with van der Waals surface area (Å²) in [4.78, 5) is 25.4. The smallest absolute Gasteiger partial charge is 0.339 e. The summed E-state index contributed by atoms with van der Waals surface area (Å²) < 4.78 is 5.96. The van der Waals surface area contributed by atoms with Gasteiger partial charge in [0.1, 0.15) is 6.10 Å². The van der Waals surface area contributed by atoms with Crippen LogP contribution in [-0.2, 0) is 16.0 Å². The first-order valence-electron chi connectivity index (χ1n) is 13.2. The minimum Gasteiger partial charge on any atom is -0.481 e. The molecule has 188 valence electrons. The Labute approximate surface area is 214 Å². The molecule has 0 aromatic heterocycles. The second-order valence-corrected chi connectivity index (χ2v) is 9.80. The van der Waals surface area contributed by atoms with Crippen LogP contribution in [0.4, 0.5) is 0 Å². The fraction of sp³-hybridized carbons (Fsp3) is 0.375. The van der Waals surface area contributed by atoms with Crippen molar-refractivity contribution in [3.05, 3.63) is 95.1 Å². The number of esters is 1. The highest BCUT2D eigenvalue weighted by Crippen LogP contribution is 2.39. The standard InChI is InChI=1S/C32H36O4/c1-3-5-11-22(10-4-2)23-16-18-25(19-17-23)26-13-8-9-15-28(26)32(35)36-30-27-14-7-6-12-24(27)20-21-29(30)31(33)34/h6-9,12-19,22,29-30H,3-5,10-11,20-21H2,1-2H3,(H,33,34). The molecule has 0 bridgehead atoms. The maximum atomic E-state index is 13.4. The number of ether oxygens (including phenoxy) is 1. The Morgan fingerprint density at radius 3 is 2.36 bits per heavy atom. The molecule has 3 atom stereocenters. The molecule has 0 amide bonds. The first-order chi connectivity index (χ1) is 17.5. The number of fused-ring (bicyclic) bond motifs is 1. The molecule has 3 aromatic rings. The Hall–Kier alpha value is -3.40. The van der Waals surface area contributed by atoms with Gasteiger partial charge in [-0.15, -0.1) is 0 Å². The molecule has 4 nitrogen and oxygen atoms in total. The third-order valence-electron chi connectivity index (χ3n) is 7.39. The second kappa shape index (κ2) is 12.0. The number of unbranched alkanes of at least 4 members (excludes halogenated alkanes) is 1. The average Bonchev–Trinajstić information content (AvgIpc) is 2.91. The zero-order valence-electron chi connectivity index (χ0n) is 21.3. The van der Waals surface area contributed by atoms with Crippen molar-refractivity contribution >= 4 is 11.9 Å². The van der Waals surface area contributed by atoms with Crippen LogP contribution in [0.3, 0.4) is 0 Å². The van der Waals surface area contributed by atoms with E-state index < -0.39 is 24.0 Å². The summed E-state index contributed by atoms with van der Waals surface area (Å²) in [7, 11) is 0. The lowest BCUT2D eigenvalue weighted by molar-refractivity contribution is -0.146. The number of carboxylic acids is 1. The molecule has 3 unspecified atom stereocenters. The summed E-state index contributed by atoms with van der Waals surface area (Å²) in [5, 5.41) is 9.82. The minimum absolute atomic E-state index is 0.449. The lowest BCUT2D eigenvalue weighted by atomic mass is 9.81. The summed E-state index contributed by atoms with van der Waals surface area (Å²) >= 11 is 0. The summed E-state index contributed by atoms with van der Waals surface area (Å²) in [5.74, 6) is -1.62. The normalized spacial score (nSPS) is 17.7. The molecule has 0 aliphatic heterocycles. The summed E-state index contributed by atoms with van der Waals surface area (Å²) in [6, 6.07) is 23.6. The molecule has 1 aliphatic rings. The van der Waals surface area contributed by atoms with Gasteiger partial charge in [0, 0.05) is 0 Å². The highest BCUT2D eigenvalue weighted by atomic mass is 16.5. The number of carbonyl (C=O) groups is 2. The molecular weight excluding hydrogens is 448 g/mol. The van der Waals surface area contributed by atoms with Crippen LogP contribution in [0.1, 0.15) is 91.4 Å². The average molecular weight is 485 g/mol. The van der Waals surface area contributed by atoms with Crippen LogP contribution in [0.2, 0.25) is 0 Å². The lowest BCUT2D eigenvalue weighted by Gasteiger charge is -2.30. The van der Waals surface area contributed by atoms with E-state index in [-0.39, 0.29) is 0 Å². The van der Waals surface area contributed by atoms with E-state index >= 15 is 0 Å². The molecule has 0 saturated heterocycles. The van der Waals surface area contributed by atoms with Gasteiger partial charge in [0.05, 0.1) is 11.5 Å². The predicted octanol–water partition coefficient (Wildman–Crippen LogP) is 7.97. The van der Waals surface area contributed by atoms with Crippen LogP contribution in [0.5, 0.6) is 0 Å². The largest absolute Gasteiger partial charge is 0.481 e. The van der Waals surface area contributed by atoms with Crippen molar-refractivity contribution in [2.45, 2.75) is 70.8 Å². The highest BCUT2D eigenvalue weighted by Gasteiger charge is 2.37. The van der Waals surface area contributed by atoms with Gasteiger partial charge in [-0.2, -0.15) is 0 Å². The fourth-order valence-corrected chi connectivity index (χ4v) is 5.42. The Morgan fingerprint density at radius 1 is 0.917 bits per heavy atom. The summed E-state index contributed by atoms with van der Waals surface area (Å²) in [6.07, 6.45) is 6.27. The van der Waals surface area contributed by atoms with Crippen LogP contribution in [-0.4, -0.2) is 17.0 Å². The topological polar surface area (TPSA) is 63.6 Å². The molecule has 3 aromatic carbocycles. The van der Waals surface area contributed by atoms with E-state index in [1.165, 1.54) is 31.2 Å². The maximum absolute atomic E-state index is 13.4. The van der Waals surface area contributed by atoms with Gasteiger partial charge < -0.3 is 9.84 Å². The molecular formula is C32H36O4. The van der Waals surface area contributed by atoms with Gasteiger partial charge in [-0.3, -0.25) is 4.79 Å². The van der Waals surface area contributed by atoms with Crippen molar-refractivity contribution in [2.24, 2.45) is 5.92 Å². The van der Waals surface area contributed by atoms with E-state index in [0.717, 1.165) is 28.7 Å². The summed E-state index contributed by atoms with van der Waals surface area (Å²) in [6.45, 7) is 4.46. The Morgan fingerprint density at radius 2 is 1.64 bits per heavy atom. The number of benzene rings is 3. The van der Waals surface area contributed by atoms with Gasteiger partial charge in [-0.25, -0.2) is 4.79 Å². The molecule has 0 radical (unpaired) electrons. The van der Waals surface area contributed by atoms with Gasteiger partial charge >= 0.3 is 11.9 Å². The van der Waals surface area contributed by atoms with E-state index in [1.54, 1.807) is 6.07 Å². The van der Waals surface area contributed by atoms with Crippen molar-refractivity contribution in [1.82, 2.24) is 0 Å². The third kappa shape index (κ3) is 5.70. The number of aliphatic carboxylic acids is 1. The van der Waals surface area contributed by atoms with Crippen molar-refractivity contribution in [1.29, 1.82) is 0 Å².